The van der Waals surface area contributed by atoms with Crippen LogP contribution in [0.1, 0.15) is 13.8 Å². The zero-order chi connectivity index (χ0) is 12.1. The number of Topliss-reactive ketones (excluding diaryl/α,β-unsaturated/α-hetero) is 1. The average molecular weight is 237 g/mol. The lowest BCUT2D eigenvalue weighted by Crippen LogP contribution is -2.31. The van der Waals surface area contributed by atoms with Crippen LogP contribution in [-0.4, -0.2) is 24.5 Å². The summed E-state index contributed by atoms with van der Waals surface area (Å²) in [6, 6.07) is 7.60. The fourth-order valence-corrected chi connectivity index (χ4v) is 1.95. The zero-order valence-electron chi connectivity index (χ0n) is 9.69. The molecule has 0 atom stereocenters. The summed E-state index contributed by atoms with van der Waals surface area (Å²) in [7, 11) is 1.60. The summed E-state index contributed by atoms with van der Waals surface area (Å²) in [5.74, 6) is 0.0760. The zero-order valence-corrected chi connectivity index (χ0v) is 10.5. The Morgan fingerprint density at radius 2 is 1.81 bits per heavy atom. The lowest BCUT2D eigenvalue weighted by molar-refractivity contribution is -0.134. The van der Waals surface area contributed by atoms with Crippen LogP contribution in [0.15, 0.2) is 29.2 Å². The second-order valence-corrected chi connectivity index (χ2v) is 4.68. The molecule has 0 fully saturated rings. The highest BCUT2D eigenvalue weighted by Gasteiger charge is 2.14. The van der Waals surface area contributed by atoms with Crippen LogP contribution in [0.5, 0.6) is 0 Å². The number of anilines is 1. The summed E-state index contributed by atoms with van der Waals surface area (Å²) in [6.45, 7) is 3.37. The van der Waals surface area contributed by atoms with Crippen molar-refractivity contribution < 1.29 is 9.59 Å². The Kier molecular flexibility index (Phi) is 4.55. The molecule has 0 unspecified atom stereocenters. The normalized spacial score (nSPS) is 9.94. The summed E-state index contributed by atoms with van der Waals surface area (Å²) >= 11 is 1.74. The molecule has 1 rings (SSSR count). The van der Waals surface area contributed by atoms with Gasteiger partial charge >= 0.3 is 0 Å². The van der Waals surface area contributed by atoms with E-state index in [9.17, 15) is 9.59 Å². The molecule has 0 saturated carbocycles. The molecule has 0 aliphatic carbocycles. The number of benzene rings is 1. The lowest BCUT2D eigenvalue weighted by Gasteiger charge is -2.15. The number of nitrogens with zero attached hydrogens (tertiary/aromatic N) is 1. The Balaban J connectivity index is 2.81. The Labute approximate surface area is 99.8 Å². The predicted octanol–water partition coefficient (Wildman–Crippen LogP) is 2.35. The monoisotopic (exact) mass is 237 g/mol. The highest BCUT2D eigenvalue weighted by molar-refractivity contribution is 7.99. The summed E-state index contributed by atoms with van der Waals surface area (Å²) < 4.78 is 0. The van der Waals surface area contributed by atoms with E-state index >= 15 is 0 Å². The Hall–Kier alpha value is -1.29. The third-order valence-electron chi connectivity index (χ3n) is 2.14. The van der Waals surface area contributed by atoms with Crippen molar-refractivity contribution in [2.45, 2.75) is 18.7 Å². The standard InChI is InChI=1S/C12H15NO2S/c1-4-16-11-7-5-10(6-8-11)13(3)12(15)9(2)14/h5-8H,4H2,1-3H3. The van der Waals surface area contributed by atoms with Crippen molar-refractivity contribution in [1.29, 1.82) is 0 Å². The van der Waals surface area contributed by atoms with Gasteiger partial charge in [0.25, 0.3) is 5.91 Å². The smallest absolute Gasteiger partial charge is 0.293 e. The van der Waals surface area contributed by atoms with E-state index in [0.717, 1.165) is 16.3 Å². The number of hydrogen-bond donors (Lipinski definition) is 0. The van der Waals surface area contributed by atoms with Gasteiger partial charge in [0.05, 0.1) is 0 Å². The van der Waals surface area contributed by atoms with Gasteiger partial charge in [-0.05, 0) is 30.0 Å². The molecule has 1 amide bonds. The SMILES string of the molecule is CCSc1ccc(N(C)C(=O)C(C)=O)cc1. The molecule has 3 nitrogen and oxygen atoms in total. The Morgan fingerprint density at radius 1 is 1.25 bits per heavy atom. The van der Waals surface area contributed by atoms with Crippen LogP contribution in [0, 0.1) is 0 Å². The molecule has 0 spiro atoms. The second kappa shape index (κ2) is 5.70. The summed E-state index contributed by atoms with van der Waals surface area (Å²) in [5, 5.41) is 0. The van der Waals surface area contributed by atoms with E-state index < -0.39 is 11.7 Å². The van der Waals surface area contributed by atoms with Crippen LogP contribution >= 0.6 is 11.8 Å². The number of carbonyl (C=O) groups excluding carboxylic acids is 2. The lowest BCUT2D eigenvalue weighted by atomic mass is 10.3. The molecule has 0 aliphatic rings. The minimum absolute atomic E-state index is 0.450. The molecular formula is C12H15NO2S. The van der Waals surface area contributed by atoms with Gasteiger partial charge in [0.1, 0.15) is 0 Å². The van der Waals surface area contributed by atoms with E-state index in [1.165, 1.54) is 11.8 Å². The van der Waals surface area contributed by atoms with E-state index in [4.69, 9.17) is 0 Å². The average Bonchev–Trinajstić information content (AvgIpc) is 2.28. The molecule has 1 aromatic rings. The van der Waals surface area contributed by atoms with Gasteiger partial charge in [0.15, 0.2) is 0 Å². The van der Waals surface area contributed by atoms with Crippen molar-refractivity contribution in [3.63, 3.8) is 0 Å². The third-order valence-corrected chi connectivity index (χ3v) is 3.04. The molecule has 16 heavy (non-hydrogen) atoms. The van der Waals surface area contributed by atoms with Crippen LogP contribution in [-0.2, 0) is 9.59 Å². The van der Waals surface area contributed by atoms with Gasteiger partial charge in [-0.25, -0.2) is 0 Å². The number of carbonyl (C=O) groups is 2. The molecule has 4 heteroatoms. The van der Waals surface area contributed by atoms with E-state index in [1.54, 1.807) is 18.8 Å². The highest BCUT2D eigenvalue weighted by Crippen LogP contribution is 2.21. The van der Waals surface area contributed by atoms with E-state index in [2.05, 4.69) is 6.92 Å². The van der Waals surface area contributed by atoms with Gasteiger partial charge in [-0.1, -0.05) is 6.92 Å². The van der Waals surface area contributed by atoms with E-state index in [1.807, 2.05) is 24.3 Å². The van der Waals surface area contributed by atoms with Gasteiger partial charge in [-0.2, -0.15) is 0 Å². The summed E-state index contributed by atoms with van der Waals surface area (Å²) in [4.78, 5) is 24.9. The van der Waals surface area contributed by atoms with Crippen LogP contribution in [0.3, 0.4) is 0 Å². The van der Waals surface area contributed by atoms with Gasteiger partial charge in [-0.15, -0.1) is 11.8 Å². The van der Waals surface area contributed by atoms with Crippen molar-refractivity contribution >= 4 is 29.1 Å². The topological polar surface area (TPSA) is 37.4 Å². The number of thioether (sulfide) groups is 1. The number of amides is 1. The summed E-state index contributed by atoms with van der Waals surface area (Å²) in [5.41, 5.74) is 0.737. The van der Waals surface area contributed by atoms with Gasteiger partial charge in [0, 0.05) is 24.6 Å². The van der Waals surface area contributed by atoms with Crippen LogP contribution in [0.25, 0.3) is 0 Å². The number of hydrogen-bond acceptors (Lipinski definition) is 3. The molecule has 0 bridgehead atoms. The van der Waals surface area contributed by atoms with Crippen LogP contribution in [0.2, 0.25) is 0 Å². The Bertz CT molecular complexity index is 387. The van der Waals surface area contributed by atoms with Gasteiger partial charge in [0.2, 0.25) is 5.78 Å². The molecule has 0 saturated heterocycles. The third kappa shape index (κ3) is 3.10. The number of likely N-dealkylation sites (N-methyl/N-ethyl adjacent to an activating group) is 1. The number of ketones is 1. The second-order valence-electron chi connectivity index (χ2n) is 3.35. The first-order valence-corrected chi connectivity index (χ1v) is 6.06. The first-order valence-electron chi connectivity index (χ1n) is 5.07. The maximum Gasteiger partial charge on any atom is 0.293 e. The highest BCUT2D eigenvalue weighted by atomic mass is 32.2. The maximum atomic E-state index is 11.4. The largest absolute Gasteiger partial charge is 0.309 e. The van der Waals surface area contributed by atoms with Gasteiger partial charge in [-0.3, -0.25) is 9.59 Å². The van der Waals surface area contributed by atoms with Crippen molar-refractivity contribution in [2.75, 3.05) is 17.7 Å². The molecule has 0 radical (unpaired) electrons. The molecule has 0 aliphatic heterocycles. The minimum atomic E-state index is -0.490. The van der Waals surface area contributed by atoms with Crippen LogP contribution in [0.4, 0.5) is 5.69 Å². The minimum Gasteiger partial charge on any atom is -0.309 e. The summed E-state index contributed by atoms with van der Waals surface area (Å²) in [6.07, 6.45) is 0. The fourth-order valence-electron chi connectivity index (χ4n) is 1.29. The van der Waals surface area contributed by atoms with Crippen molar-refractivity contribution in [2.24, 2.45) is 0 Å². The molecule has 86 valence electrons. The maximum absolute atomic E-state index is 11.4. The molecular weight excluding hydrogens is 222 g/mol. The molecule has 0 N–H and O–H groups in total. The molecule has 0 heterocycles. The van der Waals surface area contributed by atoms with Crippen molar-refractivity contribution in [1.82, 2.24) is 0 Å². The fraction of sp³-hybridized carbons (Fsp3) is 0.333. The van der Waals surface area contributed by atoms with Crippen molar-refractivity contribution in [3.8, 4) is 0 Å². The Morgan fingerprint density at radius 3 is 2.25 bits per heavy atom. The van der Waals surface area contributed by atoms with Crippen molar-refractivity contribution in [3.05, 3.63) is 24.3 Å². The first kappa shape index (κ1) is 12.8. The molecule has 0 aromatic heterocycles. The van der Waals surface area contributed by atoms with E-state index in [-0.39, 0.29) is 0 Å². The van der Waals surface area contributed by atoms with Crippen LogP contribution < -0.4 is 4.90 Å². The quantitative estimate of drug-likeness (QED) is 0.596. The predicted molar refractivity (Wildman–Crippen MR) is 66.9 cm³/mol. The first-order chi connectivity index (χ1) is 7.56. The van der Waals surface area contributed by atoms with E-state index in [0.29, 0.717) is 0 Å². The van der Waals surface area contributed by atoms with Gasteiger partial charge < -0.3 is 4.90 Å². The number of rotatable bonds is 4. The molecule has 1 aromatic carbocycles.